The Labute approximate surface area is 163 Å². The van der Waals surface area contributed by atoms with Crippen LogP contribution in [-0.4, -0.2) is 79.7 Å². The van der Waals surface area contributed by atoms with Crippen molar-refractivity contribution in [1.29, 1.82) is 0 Å². The number of piperazine rings is 1. The Morgan fingerprint density at radius 1 is 1.36 bits per heavy atom. The largest absolute Gasteiger partial charge is 0.494 e. The third kappa shape index (κ3) is 3.46. The van der Waals surface area contributed by atoms with Gasteiger partial charge >= 0.3 is 0 Å². The maximum Gasteiger partial charge on any atom is 0.253 e. The summed E-state index contributed by atoms with van der Waals surface area (Å²) in [6.45, 7) is 3.53. The van der Waals surface area contributed by atoms with Crippen LogP contribution >= 0.6 is 0 Å². The van der Waals surface area contributed by atoms with Gasteiger partial charge in [0, 0.05) is 37.8 Å². The third-order valence-corrected chi connectivity index (χ3v) is 6.21. The Morgan fingerprint density at radius 3 is 2.79 bits per heavy atom. The maximum atomic E-state index is 13.9. The minimum Gasteiger partial charge on any atom is -0.494 e. The number of ether oxygens (including phenoxy) is 2. The van der Waals surface area contributed by atoms with Gasteiger partial charge < -0.3 is 19.7 Å². The summed E-state index contributed by atoms with van der Waals surface area (Å²) in [4.78, 5) is 28.8. The molecule has 1 aromatic rings. The van der Waals surface area contributed by atoms with E-state index in [0.717, 1.165) is 19.3 Å². The summed E-state index contributed by atoms with van der Waals surface area (Å²) in [6.07, 6.45) is 2.50. The van der Waals surface area contributed by atoms with Crippen molar-refractivity contribution in [1.82, 2.24) is 15.1 Å². The monoisotopic (exact) mass is 391 g/mol. The Morgan fingerprint density at radius 2 is 2.14 bits per heavy atom. The van der Waals surface area contributed by atoms with Crippen molar-refractivity contribution in [3.63, 3.8) is 0 Å². The number of nitrogens with one attached hydrogen (secondary N) is 1. The van der Waals surface area contributed by atoms with E-state index in [1.807, 2.05) is 0 Å². The van der Waals surface area contributed by atoms with Gasteiger partial charge in [-0.25, -0.2) is 4.39 Å². The summed E-state index contributed by atoms with van der Waals surface area (Å²) in [6, 6.07) is 4.54. The van der Waals surface area contributed by atoms with E-state index in [-0.39, 0.29) is 29.1 Å². The summed E-state index contributed by atoms with van der Waals surface area (Å²) in [5.74, 6) is -0.534. The van der Waals surface area contributed by atoms with Crippen LogP contribution in [-0.2, 0) is 9.53 Å². The van der Waals surface area contributed by atoms with E-state index >= 15 is 0 Å². The second-order valence-electron chi connectivity index (χ2n) is 7.80. The third-order valence-electron chi connectivity index (χ3n) is 6.21. The number of halogens is 1. The van der Waals surface area contributed by atoms with Gasteiger partial charge in [0.25, 0.3) is 5.91 Å². The SMILES string of the molecule is COc1ccc(C(=O)N2CCC(N3CC(=O)NCC34CCOC4)CC2)cc1F. The summed E-state index contributed by atoms with van der Waals surface area (Å²) in [5.41, 5.74) is 0.207. The first kappa shape index (κ1) is 19.1. The molecule has 0 bridgehead atoms. The van der Waals surface area contributed by atoms with Crippen LogP contribution in [0.4, 0.5) is 4.39 Å². The zero-order chi connectivity index (χ0) is 19.7. The fraction of sp³-hybridized carbons (Fsp3) is 0.600. The normalized spacial score (nSPS) is 26.5. The van der Waals surface area contributed by atoms with Gasteiger partial charge in [0.05, 0.1) is 25.8 Å². The van der Waals surface area contributed by atoms with Crippen molar-refractivity contribution in [2.75, 3.05) is 46.5 Å². The summed E-state index contributed by atoms with van der Waals surface area (Å²) >= 11 is 0. The first-order valence-electron chi connectivity index (χ1n) is 9.76. The lowest BCUT2D eigenvalue weighted by atomic mass is 9.89. The predicted octanol–water partition coefficient (Wildman–Crippen LogP) is 1.03. The number of hydrogen-bond donors (Lipinski definition) is 1. The molecule has 152 valence electrons. The maximum absolute atomic E-state index is 13.9. The van der Waals surface area contributed by atoms with Crippen LogP contribution in [0.15, 0.2) is 18.2 Å². The number of nitrogens with zero attached hydrogens (tertiary/aromatic N) is 2. The molecule has 8 heteroatoms. The molecule has 2 amide bonds. The molecular weight excluding hydrogens is 365 g/mol. The molecule has 0 radical (unpaired) electrons. The number of likely N-dealkylation sites (tertiary alicyclic amines) is 1. The van der Waals surface area contributed by atoms with Crippen LogP contribution in [0.3, 0.4) is 0 Å². The lowest BCUT2D eigenvalue weighted by Crippen LogP contribution is -2.67. The number of amides is 2. The van der Waals surface area contributed by atoms with Crippen molar-refractivity contribution in [3.8, 4) is 5.75 Å². The van der Waals surface area contributed by atoms with E-state index in [9.17, 15) is 14.0 Å². The fourth-order valence-electron chi connectivity index (χ4n) is 4.58. The zero-order valence-electron chi connectivity index (χ0n) is 16.1. The number of carbonyl (C=O) groups excluding carboxylic acids is 2. The van der Waals surface area contributed by atoms with E-state index in [2.05, 4.69) is 10.2 Å². The second kappa shape index (κ2) is 7.67. The molecule has 3 fully saturated rings. The Hall–Kier alpha value is -2.19. The summed E-state index contributed by atoms with van der Waals surface area (Å²) in [7, 11) is 1.40. The molecule has 0 aliphatic carbocycles. The van der Waals surface area contributed by atoms with Crippen LogP contribution in [0.5, 0.6) is 5.75 Å². The van der Waals surface area contributed by atoms with E-state index in [1.54, 1.807) is 11.0 Å². The van der Waals surface area contributed by atoms with Gasteiger partial charge in [0.1, 0.15) is 0 Å². The minimum absolute atomic E-state index is 0.0461. The first-order chi connectivity index (χ1) is 13.5. The van der Waals surface area contributed by atoms with Crippen molar-refractivity contribution in [2.45, 2.75) is 30.8 Å². The highest BCUT2D eigenvalue weighted by Gasteiger charge is 2.47. The summed E-state index contributed by atoms with van der Waals surface area (Å²) in [5, 5.41) is 2.98. The Bertz CT molecular complexity index is 758. The van der Waals surface area contributed by atoms with Gasteiger partial charge in [0.15, 0.2) is 11.6 Å². The highest BCUT2D eigenvalue weighted by molar-refractivity contribution is 5.94. The summed E-state index contributed by atoms with van der Waals surface area (Å²) < 4.78 is 24.5. The van der Waals surface area contributed by atoms with Crippen LogP contribution in [0.1, 0.15) is 29.6 Å². The van der Waals surface area contributed by atoms with Crippen molar-refractivity contribution < 1.29 is 23.5 Å². The topological polar surface area (TPSA) is 71.1 Å². The first-order valence-corrected chi connectivity index (χ1v) is 9.76. The molecule has 28 heavy (non-hydrogen) atoms. The number of hydrogen-bond acceptors (Lipinski definition) is 5. The smallest absolute Gasteiger partial charge is 0.253 e. The van der Waals surface area contributed by atoms with E-state index in [0.29, 0.717) is 45.0 Å². The lowest BCUT2D eigenvalue weighted by molar-refractivity contribution is -0.131. The Kier molecular flexibility index (Phi) is 5.25. The number of benzene rings is 1. The molecule has 3 saturated heterocycles. The molecule has 1 spiro atoms. The van der Waals surface area contributed by atoms with Gasteiger partial charge in [-0.2, -0.15) is 0 Å². The average Bonchev–Trinajstić information content (AvgIpc) is 3.19. The lowest BCUT2D eigenvalue weighted by Gasteiger charge is -2.49. The van der Waals surface area contributed by atoms with E-state index in [4.69, 9.17) is 9.47 Å². The molecule has 3 aliphatic rings. The molecule has 0 saturated carbocycles. The van der Waals surface area contributed by atoms with E-state index in [1.165, 1.54) is 19.2 Å². The fourth-order valence-corrected chi connectivity index (χ4v) is 4.58. The molecule has 3 heterocycles. The predicted molar refractivity (Wildman–Crippen MR) is 99.8 cm³/mol. The average molecular weight is 391 g/mol. The number of rotatable bonds is 3. The van der Waals surface area contributed by atoms with Gasteiger partial charge in [0.2, 0.25) is 5.91 Å². The van der Waals surface area contributed by atoms with Crippen LogP contribution in [0, 0.1) is 5.82 Å². The standard InChI is InChI=1S/C20H26FN3O4/c1-27-17-3-2-14(10-16(17)21)19(26)23-7-4-15(5-8-23)24-11-18(25)22-12-20(24)6-9-28-13-20/h2-3,10,15H,4-9,11-13H2,1H3,(H,22,25). The molecule has 3 aliphatic heterocycles. The number of piperidine rings is 1. The van der Waals surface area contributed by atoms with E-state index < -0.39 is 5.82 Å². The zero-order valence-corrected chi connectivity index (χ0v) is 16.1. The molecule has 1 atom stereocenters. The van der Waals surface area contributed by atoms with Crippen LogP contribution in [0.25, 0.3) is 0 Å². The Balaban J connectivity index is 1.42. The van der Waals surface area contributed by atoms with Gasteiger partial charge in [-0.1, -0.05) is 0 Å². The molecule has 1 N–H and O–H groups in total. The van der Waals surface area contributed by atoms with Crippen molar-refractivity contribution >= 4 is 11.8 Å². The minimum atomic E-state index is -0.536. The molecule has 1 aromatic carbocycles. The number of methoxy groups -OCH3 is 1. The van der Waals surface area contributed by atoms with Gasteiger partial charge in [-0.3, -0.25) is 14.5 Å². The highest BCUT2D eigenvalue weighted by Crippen LogP contribution is 2.33. The molecule has 1 unspecified atom stereocenters. The van der Waals surface area contributed by atoms with Gasteiger partial charge in [-0.05, 0) is 37.5 Å². The molecular formula is C20H26FN3O4. The molecule has 4 rings (SSSR count). The molecule has 0 aromatic heterocycles. The second-order valence-corrected chi connectivity index (χ2v) is 7.80. The van der Waals surface area contributed by atoms with Crippen LogP contribution in [0.2, 0.25) is 0 Å². The van der Waals surface area contributed by atoms with Crippen molar-refractivity contribution in [2.24, 2.45) is 0 Å². The highest BCUT2D eigenvalue weighted by atomic mass is 19.1. The van der Waals surface area contributed by atoms with Crippen LogP contribution < -0.4 is 10.1 Å². The quantitative estimate of drug-likeness (QED) is 0.834. The molecule has 7 nitrogen and oxygen atoms in total. The van der Waals surface area contributed by atoms with Crippen molar-refractivity contribution in [3.05, 3.63) is 29.6 Å². The number of carbonyl (C=O) groups is 2. The van der Waals surface area contributed by atoms with Gasteiger partial charge in [-0.15, -0.1) is 0 Å².